The van der Waals surface area contributed by atoms with E-state index in [0.29, 0.717) is 39.4 Å². The molecule has 6 N–H and O–H groups in total. The maximum atomic E-state index is 14.5. The van der Waals surface area contributed by atoms with Gasteiger partial charge in [-0.3, -0.25) is 38.4 Å². The van der Waals surface area contributed by atoms with Gasteiger partial charge in [0.15, 0.2) is 11.2 Å². The van der Waals surface area contributed by atoms with Crippen molar-refractivity contribution in [3.05, 3.63) is 166 Å². The number of nitrogens with zero attached hydrogens (tertiary/aromatic N) is 2. The summed E-state index contributed by atoms with van der Waals surface area (Å²) in [5.74, 6) is -5.58. The molecule has 1 aliphatic heterocycles. The number of ketones is 1. The summed E-state index contributed by atoms with van der Waals surface area (Å²) in [7, 11) is 3.99. The molecule has 4 unspecified atom stereocenters. The Hall–Kier alpha value is -9.99. The Bertz CT molecular complexity index is 3670. The fourth-order valence-electron chi connectivity index (χ4n) is 9.30. The zero-order chi connectivity index (χ0) is 57.7. The van der Waals surface area contributed by atoms with Crippen LogP contribution in [0.2, 0.25) is 0 Å². The van der Waals surface area contributed by atoms with E-state index < -0.39 is 78.8 Å². The van der Waals surface area contributed by atoms with E-state index >= 15 is 0 Å². The van der Waals surface area contributed by atoms with Gasteiger partial charge in [0, 0.05) is 89.1 Å². The number of alkyl halides is 1. The molecule has 5 amide bonds. The highest BCUT2D eigenvalue weighted by molar-refractivity contribution is 6.07. The summed E-state index contributed by atoms with van der Waals surface area (Å²) in [6.45, 7) is 0.111. The predicted octanol–water partition coefficient (Wildman–Crippen LogP) is 5.93. The van der Waals surface area contributed by atoms with Crippen LogP contribution in [0.4, 0.5) is 14.9 Å². The second-order valence-corrected chi connectivity index (χ2v) is 19.0. The molecule has 8 rings (SSSR count). The number of carbonyl (C=O) groups excluding carboxylic acids is 8. The molecule has 0 saturated heterocycles. The number of fused-ring (bicyclic) bond motifs is 3. The standard InChI is InChI=1S/C59H57FN8O13/c1-33-23-35(15-19-40(33)54-42-10-6-8-12-50(42)81-51-26-39(69)18-20-43(51)54)55(73)63-37-16-13-34(14-17-37)31-80-59(77)67-46(24-36-30-68(2)48-11-7-5-9-41(36)48)57(75)64-44(21-22-52(71)78-3)56(74)66-47(25-38-29-61-32-62-38)58(76)65-45(49(70)28-60)27-53(72)79-4/h5-20,23,26,29-30,32,44-47H,21-22,24-25,27-28,31H2,1-4H3,(H,61,62)(H,63,73)(H,64,75)(H,65,76)(H,66,74)(H,67,77). The summed E-state index contributed by atoms with van der Waals surface area (Å²) in [6.07, 6.45) is 1.64. The van der Waals surface area contributed by atoms with Gasteiger partial charge < -0.3 is 54.8 Å². The summed E-state index contributed by atoms with van der Waals surface area (Å²) < 4.78 is 36.5. The highest BCUT2D eigenvalue weighted by atomic mass is 19.1. The molecular formula is C59H57FN8O13. The van der Waals surface area contributed by atoms with Crippen LogP contribution in [0.1, 0.15) is 52.0 Å². The average Bonchev–Trinajstić information content (AvgIpc) is 4.28. The Morgan fingerprint density at radius 1 is 0.728 bits per heavy atom. The molecule has 0 saturated carbocycles. The lowest BCUT2D eigenvalue weighted by Gasteiger charge is -2.26. The largest absolute Gasteiger partial charge is 0.469 e. The molecule has 22 heteroatoms. The number of halogens is 1. The minimum atomic E-state index is -1.65. The number of H-pyrrole nitrogens is 1. The molecule has 0 spiro atoms. The van der Waals surface area contributed by atoms with Gasteiger partial charge in [0.05, 0.1) is 27.0 Å². The van der Waals surface area contributed by atoms with Crippen molar-refractivity contribution in [1.82, 2.24) is 35.8 Å². The third kappa shape index (κ3) is 14.2. The first-order valence-electron chi connectivity index (χ1n) is 25.6. The van der Waals surface area contributed by atoms with Gasteiger partial charge in [-0.1, -0.05) is 54.6 Å². The number of methoxy groups -OCH3 is 2. The van der Waals surface area contributed by atoms with Crippen molar-refractivity contribution in [3.8, 4) is 22.5 Å². The van der Waals surface area contributed by atoms with Crippen LogP contribution in [0.3, 0.4) is 0 Å². The number of aryl methyl sites for hydroxylation is 2. The maximum absolute atomic E-state index is 14.5. The highest BCUT2D eigenvalue weighted by Gasteiger charge is 2.34. The smallest absolute Gasteiger partial charge is 0.408 e. The van der Waals surface area contributed by atoms with Crippen molar-refractivity contribution in [1.29, 1.82) is 0 Å². The molecule has 0 fully saturated rings. The van der Waals surface area contributed by atoms with E-state index in [-0.39, 0.29) is 43.6 Å². The molecule has 81 heavy (non-hydrogen) atoms. The Morgan fingerprint density at radius 2 is 1.40 bits per heavy atom. The molecule has 4 atom stereocenters. The Balaban J connectivity index is 0.958. The van der Waals surface area contributed by atoms with E-state index in [4.69, 9.17) is 13.9 Å². The minimum absolute atomic E-state index is 0.112. The zero-order valence-electron chi connectivity index (χ0n) is 44.5. The van der Waals surface area contributed by atoms with Gasteiger partial charge in [0.2, 0.25) is 17.7 Å². The molecular weight excluding hydrogens is 1050 g/mol. The number of ether oxygens (including phenoxy) is 3. The normalized spacial score (nSPS) is 12.6. The third-order valence-electron chi connectivity index (χ3n) is 13.5. The van der Waals surface area contributed by atoms with Gasteiger partial charge in [0.1, 0.15) is 48.8 Å². The Kier molecular flexibility index (Phi) is 18.4. The van der Waals surface area contributed by atoms with E-state index in [2.05, 4.69) is 41.3 Å². The van der Waals surface area contributed by atoms with Crippen LogP contribution in [0, 0.1) is 6.92 Å². The van der Waals surface area contributed by atoms with Crippen LogP contribution in [0.5, 0.6) is 0 Å². The number of para-hydroxylation sites is 2. The number of esters is 2. The highest BCUT2D eigenvalue weighted by Crippen LogP contribution is 2.41. The number of aromatic amines is 1. The summed E-state index contributed by atoms with van der Waals surface area (Å²) in [5.41, 5.74) is 6.89. The number of Topliss-reactive ketones (excluding diaryl/α,β-unsaturated/α-hetero) is 1. The Labute approximate surface area is 462 Å². The first-order chi connectivity index (χ1) is 39.0. The van der Waals surface area contributed by atoms with Crippen molar-refractivity contribution in [3.63, 3.8) is 0 Å². The number of nitrogens with one attached hydrogen (secondary N) is 6. The monoisotopic (exact) mass is 1100 g/mol. The summed E-state index contributed by atoms with van der Waals surface area (Å²) in [4.78, 5) is 126. The fraction of sp³-hybridized carbons (Fsp3) is 0.254. The quantitative estimate of drug-likeness (QED) is 0.0246. The zero-order valence-corrected chi connectivity index (χ0v) is 44.5. The van der Waals surface area contributed by atoms with Gasteiger partial charge >= 0.3 is 18.0 Å². The van der Waals surface area contributed by atoms with E-state index in [0.717, 1.165) is 52.8 Å². The topological polar surface area (TPSA) is 288 Å². The average molecular weight is 1110 g/mol. The van der Waals surface area contributed by atoms with Gasteiger partial charge in [-0.25, -0.2) is 14.2 Å². The van der Waals surface area contributed by atoms with E-state index in [9.17, 15) is 47.5 Å². The number of benzene rings is 5. The number of hydrogen-bond donors (Lipinski definition) is 6. The molecule has 0 radical (unpaired) electrons. The summed E-state index contributed by atoms with van der Waals surface area (Å²) in [6, 6.07) is 25.4. The molecule has 2 aromatic heterocycles. The second-order valence-electron chi connectivity index (χ2n) is 19.0. The van der Waals surface area contributed by atoms with E-state index in [1.165, 1.54) is 24.7 Å². The number of aromatic nitrogens is 3. The van der Waals surface area contributed by atoms with Crippen LogP contribution >= 0.6 is 0 Å². The maximum Gasteiger partial charge on any atom is 0.408 e. The summed E-state index contributed by atoms with van der Waals surface area (Å²) in [5, 5.41) is 14.6. The van der Waals surface area contributed by atoms with Crippen molar-refractivity contribution in [2.45, 2.75) is 69.8 Å². The number of amides is 5. The second kappa shape index (κ2) is 26.1. The third-order valence-corrected chi connectivity index (χ3v) is 13.5. The van der Waals surface area contributed by atoms with Crippen molar-refractivity contribution in [2.24, 2.45) is 7.05 Å². The summed E-state index contributed by atoms with van der Waals surface area (Å²) >= 11 is 0. The lowest BCUT2D eigenvalue weighted by Crippen LogP contribution is -2.58. The van der Waals surface area contributed by atoms with Crippen molar-refractivity contribution in [2.75, 3.05) is 26.2 Å². The molecule has 4 aromatic carbocycles. The van der Waals surface area contributed by atoms with Gasteiger partial charge in [-0.05, 0) is 84.1 Å². The number of anilines is 1. The lowest BCUT2D eigenvalue weighted by molar-refractivity contribution is -0.144. The fourth-order valence-corrected chi connectivity index (χ4v) is 9.30. The molecule has 3 heterocycles. The van der Waals surface area contributed by atoms with Crippen LogP contribution in [-0.4, -0.2) is 107 Å². The van der Waals surface area contributed by atoms with Crippen molar-refractivity contribution >= 4 is 75.0 Å². The van der Waals surface area contributed by atoms with Crippen molar-refractivity contribution < 1.29 is 61.4 Å². The SMILES string of the molecule is COC(=O)CCC(NC(=O)C(Cc1cn(C)c2ccccc12)NC(=O)OCc1ccc(NC(=O)c2ccc(-c3c4ccc(=O)cc-4oc4ccccc34)c(C)c2)cc1)C(=O)NC(Cc1cnc[nH]1)C(=O)NC(CC(=O)OC)C(=O)CF. The molecule has 21 nitrogen and oxygen atoms in total. The molecule has 2 aliphatic rings. The number of alkyl carbamates (subject to hydrolysis) is 1. The molecule has 1 aliphatic carbocycles. The first-order valence-corrected chi connectivity index (χ1v) is 25.6. The van der Waals surface area contributed by atoms with Crippen LogP contribution in [0.25, 0.3) is 44.3 Å². The lowest BCUT2D eigenvalue weighted by atomic mass is 9.90. The van der Waals surface area contributed by atoms with Gasteiger partial charge in [-0.15, -0.1) is 0 Å². The number of imidazole rings is 1. The van der Waals surface area contributed by atoms with Crippen LogP contribution < -0.4 is 32.0 Å². The van der Waals surface area contributed by atoms with E-state index in [1.807, 2.05) is 73.1 Å². The Morgan fingerprint density at radius 3 is 2.10 bits per heavy atom. The molecule has 6 aromatic rings. The molecule has 418 valence electrons. The minimum Gasteiger partial charge on any atom is -0.469 e. The van der Waals surface area contributed by atoms with Crippen LogP contribution in [0.15, 0.2) is 137 Å². The number of hydrogen-bond acceptors (Lipinski definition) is 14. The number of carbonyl (C=O) groups is 8. The predicted molar refractivity (Wildman–Crippen MR) is 294 cm³/mol. The van der Waals surface area contributed by atoms with Gasteiger partial charge in [0.25, 0.3) is 5.91 Å². The van der Waals surface area contributed by atoms with Gasteiger partial charge in [-0.2, -0.15) is 0 Å². The van der Waals surface area contributed by atoms with E-state index in [1.54, 1.807) is 48.7 Å². The number of rotatable bonds is 23. The molecule has 0 bridgehead atoms. The van der Waals surface area contributed by atoms with Crippen LogP contribution in [-0.2, 0) is 69.5 Å². The first kappa shape index (κ1) is 57.2.